The van der Waals surface area contributed by atoms with Crippen molar-refractivity contribution in [2.75, 3.05) is 11.2 Å². The van der Waals surface area contributed by atoms with Gasteiger partial charge in [-0.25, -0.2) is 4.98 Å². The molecule has 0 bridgehead atoms. The second-order valence-corrected chi connectivity index (χ2v) is 8.78. The van der Waals surface area contributed by atoms with Crippen LogP contribution in [0.4, 0.5) is 5.13 Å². The Hall–Kier alpha value is -2.63. The summed E-state index contributed by atoms with van der Waals surface area (Å²) in [5.41, 5.74) is 5.15. The molecule has 1 aromatic heterocycles. The first-order valence-corrected chi connectivity index (χ1v) is 11.5. The maximum atomic E-state index is 13.6. The lowest BCUT2D eigenvalue weighted by molar-refractivity contribution is 0.0982. The lowest BCUT2D eigenvalue weighted by Gasteiger charge is -2.21. The van der Waals surface area contributed by atoms with Crippen molar-refractivity contribution in [1.29, 1.82) is 0 Å². The van der Waals surface area contributed by atoms with Crippen LogP contribution in [-0.2, 0) is 6.54 Å². The minimum absolute atomic E-state index is 0.0211. The summed E-state index contributed by atoms with van der Waals surface area (Å²) >= 11 is 3.16. The molecule has 0 aliphatic heterocycles. The number of hydrogen-bond donors (Lipinski definition) is 0. The molecule has 3 aromatic carbocycles. The summed E-state index contributed by atoms with van der Waals surface area (Å²) in [6.45, 7) is 4.67. The molecule has 0 saturated heterocycles. The number of carbonyl (C=O) groups is 1. The number of anilines is 1. The standard InChI is InChI=1S/C24H22N2OS2/c1-16-13-14-21-22(17(16)2)25-24(29-21)26(15-18-9-5-4-6-10-18)23(27)19-11-7-8-12-20(19)28-3/h4-14H,15H2,1-3H3. The summed E-state index contributed by atoms with van der Waals surface area (Å²) in [4.78, 5) is 21.3. The number of amides is 1. The average molecular weight is 419 g/mol. The highest BCUT2D eigenvalue weighted by Gasteiger charge is 2.24. The molecule has 29 heavy (non-hydrogen) atoms. The molecule has 3 nitrogen and oxygen atoms in total. The van der Waals surface area contributed by atoms with Crippen molar-refractivity contribution in [2.24, 2.45) is 0 Å². The topological polar surface area (TPSA) is 33.2 Å². The van der Waals surface area contributed by atoms with Gasteiger partial charge in [0.15, 0.2) is 5.13 Å². The lowest BCUT2D eigenvalue weighted by atomic mass is 10.1. The number of aryl methyl sites for hydroxylation is 2. The van der Waals surface area contributed by atoms with Crippen LogP contribution >= 0.6 is 23.1 Å². The number of carbonyl (C=O) groups excluding carboxylic acids is 1. The third kappa shape index (κ3) is 3.93. The molecule has 1 heterocycles. The van der Waals surface area contributed by atoms with Gasteiger partial charge in [-0.1, -0.05) is 59.9 Å². The molecule has 0 saturated carbocycles. The first-order valence-electron chi connectivity index (χ1n) is 9.44. The number of benzene rings is 3. The van der Waals surface area contributed by atoms with Crippen molar-refractivity contribution >= 4 is 44.4 Å². The van der Waals surface area contributed by atoms with Gasteiger partial charge >= 0.3 is 0 Å². The number of thiazole rings is 1. The fraction of sp³-hybridized carbons (Fsp3) is 0.167. The fourth-order valence-electron chi connectivity index (χ4n) is 3.29. The molecule has 146 valence electrons. The Morgan fingerprint density at radius 2 is 1.72 bits per heavy atom. The van der Waals surface area contributed by atoms with E-state index in [2.05, 4.69) is 26.0 Å². The van der Waals surface area contributed by atoms with Crippen molar-refractivity contribution in [3.05, 3.63) is 89.0 Å². The van der Waals surface area contributed by atoms with Crippen molar-refractivity contribution in [3.8, 4) is 0 Å². The number of fused-ring (bicyclic) bond motifs is 1. The predicted octanol–water partition coefficient (Wildman–Crippen LogP) is 6.48. The van der Waals surface area contributed by atoms with Crippen LogP contribution in [0.3, 0.4) is 0 Å². The van der Waals surface area contributed by atoms with Gasteiger partial charge in [-0.15, -0.1) is 11.8 Å². The Balaban J connectivity index is 1.82. The van der Waals surface area contributed by atoms with Gasteiger partial charge in [0.25, 0.3) is 5.91 Å². The van der Waals surface area contributed by atoms with E-state index in [1.165, 1.54) is 11.1 Å². The van der Waals surface area contributed by atoms with Crippen LogP contribution in [0.15, 0.2) is 71.6 Å². The number of thioether (sulfide) groups is 1. The van der Waals surface area contributed by atoms with E-state index in [4.69, 9.17) is 4.98 Å². The van der Waals surface area contributed by atoms with Gasteiger partial charge in [-0.3, -0.25) is 9.69 Å². The zero-order valence-corrected chi connectivity index (χ0v) is 18.3. The summed E-state index contributed by atoms with van der Waals surface area (Å²) in [5.74, 6) is -0.0211. The van der Waals surface area contributed by atoms with Crippen LogP contribution in [0, 0.1) is 13.8 Å². The van der Waals surface area contributed by atoms with E-state index in [0.29, 0.717) is 12.1 Å². The van der Waals surface area contributed by atoms with E-state index in [0.717, 1.165) is 25.8 Å². The molecular weight excluding hydrogens is 396 g/mol. The summed E-state index contributed by atoms with van der Waals surface area (Å²) in [7, 11) is 0. The van der Waals surface area contributed by atoms with E-state index in [1.807, 2.05) is 65.8 Å². The Bertz CT molecular complexity index is 1170. The Morgan fingerprint density at radius 3 is 2.48 bits per heavy atom. The van der Waals surface area contributed by atoms with Gasteiger partial charge in [0.2, 0.25) is 0 Å². The van der Waals surface area contributed by atoms with Gasteiger partial charge < -0.3 is 0 Å². The number of aromatic nitrogens is 1. The second-order valence-electron chi connectivity index (χ2n) is 6.93. The first-order chi connectivity index (χ1) is 14.1. The van der Waals surface area contributed by atoms with Gasteiger partial charge in [0.05, 0.1) is 22.3 Å². The van der Waals surface area contributed by atoms with E-state index < -0.39 is 0 Å². The fourth-order valence-corrected chi connectivity index (χ4v) is 4.90. The normalized spacial score (nSPS) is 11.0. The second kappa shape index (κ2) is 8.39. The Kier molecular flexibility index (Phi) is 5.69. The average Bonchev–Trinajstić information content (AvgIpc) is 3.19. The minimum atomic E-state index is -0.0211. The Labute approximate surface area is 179 Å². The van der Waals surface area contributed by atoms with E-state index >= 15 is 0 Å². The van der Waals surface area contributed by atoms with Gasteiger partial charge in [0.1, 0.15) is 0 Å². The minimum Gasteiger partial charge on any atom is -0.279 e. The van der Waals surface area contributed by atoms with Gasteiger partial charge in [0, 0.05) is 4.90 Å². The van der Waals surface area contributed by atoms with Crippen molar-refractivity contribution in [2.45, 2.75) is 25.3 Å². The lowest BCUT2D eigenvalue weighted by Crippen LogP contribution is -2.30. The van der Waals surface area contributed by atoms with Crippen molar-refractivity contribution in [1.82, 2.24) is 4.98 Å². The molecule has 0 radical (unpaired) electrons. The van der Waals surface area contributed by atoms with Crippen LogP contribution in [-0.4, -0.2) is 17.1 Å². The number of rotatable bonds is 5. The third-order valence-corrected chi connectivity index (χ3v) is 6.91. The molecule has 0 atom stereocenters. The molecule has 5 heteroatoms. The molecule has 0 N–H and O–H groups in total. The van der Waals surface area contributed by atoms with Crippen LogP contribution in [0.5, 0.6) is 0 Å². The highest BCUT2D eigenvalue weighted by atomic mass is 32.2. The quantitative estimate of drug-likeness (QED) is 0.348. The van der Waals surface area contributed by atoms with Crippen LogP contribution < -0.4 is 4.90 Å². The van der Waals surface area contributed by atoms with Crippen LogP contribution in [0.1, 0.15) is 27.0 Å². The van der Waals surface area contributed by atoms with Crippen LogP contribution in [0.25, 0.3) is 10.2 Å². The largest absolute Gasteiger partial charge is 0.279 e. The third-order valence-electron chi connectivity index (χ3n) is 5.07. The monoisotopic (exact) mass is 418 g/mol. The van der Waals surface area contributed by atoms with E-state index in [1.54, 1.807) is 23.1 Å². The molecule has 0 fully saturated rings. The molecule has 4 rings (SSSR count). The number of nitrogens with zero attached hydrogens (tertiary/aromatic N) is 2. The molecule has 0 aliphatic rings. The highest BCUT2D eigenvalue weighted by molar-refractivity contribution is 7.98. The zero-order valence-electron chi connectivity index (χ0n) is 16.7. The Morgan fingerprint density at radius 1 is 1.00 bits per heavy atom. The SMILES string of the molecule is CSc1ccccc1C(=O)N(Cc1ccccc1)c1nc2c(C)c(C)ccc2s1. The summed E-state index contributed by atoms with van der Waals surface area (Å²) in [6, 6.07) is 22.1. The summed E-state index contributed by atoms with van der Waals surface area (Å²) in [5, 5.41) is 0.735. The maximum absolute atomic E-state index is 13.6. The smallest absolute Gasteiger partial charge is 0.261 e. The van der Waals surface area contributed by atoms with Crippen LogP contribution in [0.2, 0.25) is 0 Å². The molecule has 1 amide bonds. The molecular formula is C24H22N2OS2. The van der Waals surface area contributed by atoms with E-state index in [9.17, 15) is 4.79 Å². The van der Waals surface area contributed by atoms with Crippen molar-refractivity contribution < 1.29 is 4.79 Å². The maximum Gasteiger partial charge on any atom is 0.261 e. The summed E-state index contributed by atoms with van der Waals surface area (Å²) < 4.78 is 1.10. The zero-order chi connectivity index (χ0) is 20.4. The van der Waals surface area contributed by atoms with Crippen molar-refractivity contribution in [3.63, 3.8) is 0 Å². The molecule has 0 aliphatic carbocycles. The van der Waals surface area contributed by atoms with Gasteiger partial charge in [-0.05, 0) is 55.0 Å². The predicted molar refractivity (Wildman–Crippen MR) is 124 cm³/mol. The molecule has 0 unspecified atom stereocenters. The highest BCUT2D eigenvalue weighted by Crippen LogP contribution is 2.34. The summed E-state index contributed by atoms with van der Waals surface area (Å²) in [6.07, 6.45) is 2.00. The number of hydrogen-bond acceptors (Lipinski definition) is 4. The molecule has 4 aromatic rings. The van der Waals surface area contributed by atoms with Gasteiger partial charge in [-0.2, -0.15) is 0 Å². The molecule has 0 spiro atoms. The first kappa shape index (κ1) is 19.7. The van der Waals surface area contributed by atoms with E-state index in [-0.39, 0.29) is 5.91 Å².